The number of hydrogen-bond acceptors (Lipinski definition) is 4. The molecule has 1 aliphatic rings. The van der Waals surface area contributed by atoms with Gasteiger partial charge in [0.15, 0.2) is 0 Å². The van der Waals surface area contributed by atoms with E-state index in [0.29, 0.717) is 17.7 Å². The van der Waals surface area contributed by atoms with E-state index in [2.05, 4.69) is 29.6 Å². The molecule has 4 heteroatoms. The van der Waals surface area contributed by atoms with Crippen molar-refractivity contribution in [2.24, 2.45) is 0 Å². The number of nitrogen functional groups attached to an aromatic ring is 1. The van der Waals surface area contributed by atoms with Gasteiger partial charge in [-0.25, -0.2) is 4.98 Å². The first-order valence-corrected chi connectivity index (χ1v) is 9.87. The lowest BCUT2D eigenvalue weighted by molar-refractivity contribution is 0.686. The van der Waals surface area contributed by atoms with E-state index in [1.54, 1.807) is 17.4 Å². The first-order chi connectivity index (χ1) is 12.6. The molecule has 0 saturated carbocycles. The molecule has 0 bridgehead atoms. The van der Waals surface area contributed by atoms with Crippen LogP contribution in [0.2, 0.25) is 0 Å². The van der Waals surface area contributed by atoms with E-state index in [9.17, 15) is 5.26 Å². The summed E-state index contributed by atoms with van der Waals surface area (Å²) in [7, 11) is 0. The zero-order valence-electron chi connectivity index (χ0n) is 14.9. The van der Waals surface area contributed by atoms with Crippen molar-refractivity contribution < 1.29 is 0 Å². The maximum absolute atomic E-state index is 9.38. The highest BCUT2D eigenvalue weighted by Crippen LogP contribution is 2.29. The summed E-state index contributed by atoms with van der Waals surface area (Å²) in [6.07, 6.45) is 5.63. The van der Waals surface area contributed by atoms with Crippen LogP contribution in [0, 0.1) is 18.3 Å². The summed E-state index contributed by atoms with van der Waals surface area (Å²) in [5.41, 5.74) is 14.4. The first kappa shape index (κ1) is 16.8. The van der Waals surface area contributed by atoms with Gasteiger partial charge in [-0.3, -0.25) is 0 Å². The third-order valence-corrected chi connectivity index (χ3v) is 6.00. The minimum absolute atomic E-state index is 0.638. The number of thiazole rings is 1. The molecular formula is C22H21N3S. The number of anilines is 1. The molecule has 1 aromatic heterocycles. The van der Waals surface area contributed by atoms with Gasteiger partial charge in [0, 0.05) is 23.1 Å². The van der Waals surface area contributed by atoms with E-state index in [0.717, 1.165) is 21.8 Å². The summed E-state index contributed by atoms with van der Waals surface area (Å²) in [6.45, 7) is 1.97. The Morgan fingerprint density at radius 3 is 2.77 bits per heavy atom. The number of fused-ring (bicyclic) bond motifs is 1. The molecule has 130 valence electrons. The molecule has 0 amide bonds. The van der Waals surface area contributed by atoms with Crippen molar-refractivity contribution in [3.05, 3.63) is 68.5 Å². The van der Waals surface area contributed by atoms with Gasteiger partial charge in [-0.15, -0.1) is 11.3 Å². The van der Waals surface area contributed by atoms with E-state index in [1.165, 1.54) is 42.4 Å². The third-order valence-electron chi connectivity index (χ3n) is 5.15. The minimum Gasteiger partial charge on any atom is -0.398 e. The SMILES string of the molecule is Cc1cc(Cc2nc(-c3ccc4c(c3)CCCC4)cs2)c(C#N)cc1N. The van der Waals surface area contributed by atoms with Crippen LogP contribution in [-0.4, -0.2) is 4.98 Å². The topological polar surface area (TPSA) is 62.7 Å². The van der Waals surface area contributed by atoms with Crippen LogP contribution in [0.25, 0.3) is 11.3 Å². The van der Waals surface area contributed by atoms with Crippen LogP contribution in [0.15, 0.2) is 35.7 Å². The van der Waals surface area contributed by atoms with Gasteiger partial charge in [0.25, 0.3) is 0 Å². The van der Waals surface area contributed by atoms with Crippen molar-refractivity contribution in [3.63, 3.8) is 0 Å². The molecule has 0 aliphatic heterocycles. The largest absolute Gasteiger partial charge is 0.398 e. The molecule has 26 heavy (non-hydrogen) atoms. The predicted molar refractivity (Wildman–Crippen MR) is 107 cm³/mol. The second-order valence-electron chi connectivity index (χ2n) is 6.97. The Bertz CT molecular complexity index is 1010. The first-order valence-electron chi connectivity index (χ1n) is 8.99. The predicted octanol–water partition coefficient (Wildman–Crippen LogP) is 5.04. The molecule has 1 aliphatic carbocycles. The summed E-state index contributed by atoms with van der Waals surface area (Å²) in [5.74, 6) is 0. The van der Waals surface area contributed by atoms with Crippen LogP contribution in [0.1, 0.15) is 45.7 Å². The van der Waals surface area contributed by atoms with Crippen LogP contribution in [0.3, 0.4) is 0 Å². The highest BCUT2D eigenvalue weighted by atomic mass is 32.1. The van der Waals surface area contributed by atoms with Gasteiger partial charge in [-0.1, -0.05) is 18.2 Å². The number of aryl methyl sites for hydroxylation is 3. The lowest BCUT2D eigenvalue weighted by atomic mass is 9.90. The zero-order chi connectivity index (χ0) is 18.1. The fourth-order valence-electron chi connectivity index (χ4n) is 3.62. The molecule has 0 radical (unpaired) electrons. The Labute approximate surface area is 158 Å². The van der Waals surface area contributed by atoms with E-state index < -0.39 is 0 Å². The molecule has 0 unspecified atom stereocenters. The average molecular weight is 359 g/mol. The minimum atomic E-state index is 0.638. The smallest absolute Gasteiger partial charge is 0.0995 e. The molecule has 4 rings (SSSR count). The van der Waals surface area contributed by atoms with E-state index in [1.807, 2.05) is 13.0 Å². The summed E-state index contributed by atoms with van der Waals surface area (Å²) < 4.78 is 0. The molecule has 3 aromatic rings. The number of nitriles is 1. The molecule has 1 heterocycles. The number of benzene rings is 2. The lowest BCUT2D eigenvalue weighted by Gasteiger charge is -2.16. The number of nitrogens with two attached hydrogens (primary N) is 1. The van der Waals surface area contributed by atoms with Gasteiger partial charge >= 0.3 is 0 Å². The molecule has 0 saturated heterocycles. The Hall–Kier alpha value is -2.64. The summed E-state index contributed by atoms with van der Waals surface area (Å²) >= 11 is 1.65. The lowest BCUT2D eigenvalue weighted by Crippen LogP contribution is -2.02. The number of rotatable bonds is 3. The quantitative estimate of drug-likeness (QED) is 0.666. The van der Waals surface area contributed by atoms with Crippen molar-refractivity contribution >= 4 is 17.0 Å². The van der Waals surface area contributed by atoms with Crippen molar-refractivity contribution in [2.75, 3.05) is 5.73 Å². The van der Waals surface area contributed by atoms with Gasteiger partial charge < -0.3 is 5.73 Å². The summed E-state index contributed by atoms with van der Waals surface area (Å²) in [4.78, 5) is 4.83. The van der Waals surface area contributed by atoms with Crippen LogP contribution in [0.5, 0.6) is 0 Å². The second-order valence-corrected chi connectivity index (χ2v) is 7.91. The highest BCUT2D eigenvalue weighted by molar-refractivity contribution is 7.10. The van der Waals surface area contributed by atoms with Crippen molar-refractivity contribution in [2.45, 2.75) is 39.0 Å². The van der Waals surface area contributed by atoms with Crippen LogP contribution >= 0.6 is 11.3 Å². The van der Waals surface area contributed by atoms with E-state index in [-0.39, 0.29) is 0 Å². The Morgan fingerprint density at radius 1 is 1.15 bits per heavy atom. The van der Waals surface area contributed by atoms with Gasteiger partial charge in [0.2, 0.25) is 0 Å². The molecule has 0 spiro atoms. The van der Waals surface area contributed by atoms with Crippen LogP contribution in [-0.2, 0) is 19.3 Å². The maximum Gasteiger partial charge on any atom is 0.0995 e. The van der Waals surface area contributed by atoms with Crippen LogP contribution in [0.4, 0.5) is 5.69 Å². The fourth-order valence-corrected chi connectivity index (χ4v) is 4.44. The third kappa shape index (κ3) is 3.23. The highest BCUT2D eigenvalue weighted by Gasteiger charge is 2.13. The number of nitrogens with zero attached hydrogens (tertiary/aromatic N) is 2. The molecule has 2 aromatic carbocycles. The Balaban J connectivity index is 1.61. The van der Waals surface area contributed by atoms with Crippen molar-refractivity contribution in [1.29, 1.82) is 5.26 Å². The van der Waals surface area contributed by atoms with Gasteiger partial charge in [-0.05, 0) is 67.0 Å². The standard InChI is InChI=1S/C22H21N3S/c1-14-8-18(19(12-23)10-20(14)24)11-22-25-21(13-26-22)17-7-6-15-4-2-3-5-16(15)9-17/h6-10,13H,2-5,11,24H2,1H3. The van der Waals surface area contributed by atoms with E-state index in [4.69, 9.17) is 10.7 Å². The Morgan fingerprint density at radius 2 is 1.96 bits per heavy atom. The fraction of sp³-hybridized carbons (Fsp3) is 0.273. The van der Waals surface area contributed by atoms with Gasteiger partial charge in [0.1, 0.15) is 0 Å². The van der Waals surface area contributed by atoms with Gasteiger partial charge in [0.05, 0.1) is 22.3 Å². The molecular weight excluding hydrogens is 338 g/mol. The maximum atomic E-state index is 9.38. The van der Waals surface area contributed by atoms with Crippen LogP contribution < -0.4 is 5.73 Å². The average Bonchev–Trinajstić information content (AvgIpc) is 3.12. The summed E-state index contributed by atoms with van der Waals surface area (Å²) in [6, 6.07) is 12.8. The zero-order valence-corrected chi connectivity index (χ0v) is 15.7. The normalized spacial score (nSPS) is 13.2. The second kappa shape index (κ2) is 6.93. The number of aromatic nitrogens is 1. The Kier molecular flexibility index (Phi) is 4.48. The molecule has 0 atom stereocenters. The monoisotopic (exact) mass is 359 g/mol. The summed E-state index contributed by atoms with van der Waals surface area (Å²) in [5, 5.41) is 12.5. The van der Waals surface area contributed by atoms with Crippen molar-refractivity contribution in [1.82, 2.24) is 4.98 Å². The van der Waals surface area contributed by atoms with Gasteiger partial charge in [-0.2, -0.15) is 5.26 Å². The van der Waals surface area contributed by atoms with E-state index >= 15 is 0 Å². The molecule has 3 nitrogen and oxygen atoms in total. The molecule has 0 fully saturated rings. The molecule has 2 N–H and O–H groups in total. The van der Waals surface area contributed by atoms with Crippen molar-refractivity contribution in [3.8, 4) is 17.3 Å². The number of hydrogen-bond donors (Lipinski definition) is 1.